The molecule has 1 saturated heterocycles. The Morgan fingerprint density at radius 3 is 1.58 bits per heavy atom. The second kappa shape index (κ2) is 5.16. The lowest BCUT2D eigenvalue weighted by molar-refractivity contribution is -0.893. The third kappa shape index (κ3) is 2.42. The summed E-state index contributed by atoms with van der Waals surface area (Å²) in [7, 11) is 0. The Kier molecular flexibility index (Phi) is 3.36. The normalized spacial score (nSPS) is 17.8. The van der Waals surface area contributed by atoms with Crippen LogP contribution in [-0.4, -0.2) is 17.7 Å². The molecule has 2 aromatic carbocycles. The van der Waals surface area contributed by atoms with Gasteiger partial charge in [-0.25, -0.2) is 0 Å². The van der Waals surface area contributed by atoms with Gasteiger partial charge in [-0.05, 0) is 0 Å². The largest absolute Gasteiger partial charge is 0.632 e. The summed E-state index contributed by atoms with van der Waals surface area (Å²) < 4.78 is -0.103. The lowest BCUT2D eigenvalue weighted by Gasteiger charge is -2.46. The van der Waals surface area contributed by atoms with Gasteiger partial charge in [0.05, 0.1) is 13.1 Å². The molecule has 0 unspecified atom stereocenters. The van der Waals surface area contributed by atoms with Crippen molar-refractivity contribution in [2.24, 2.45) is 0 Å². The molecule has 2 aromatic rings. The molecule has 1 heterocycles. The standard InChI is InChI=1S/C17H19NO/c19-18(13-7-8-14-18)17(15-9-3-1-4-10-15)16-11-5-2-6-12-16/h1-6,9-12,17H,7-8,13-14H2. The molecular formula is C17H19NO. The van der Waals surface area contributed by atoms with Crippen molar-refractivity contribution in [3.8, 4) is 0 Å². The molecule has 0 saturated carbocycles. The maximum Gasteiger partial charge on any atom is 0.140 e. The average molecular weight is 253 g/mol. The van der Waals surface area contributed by atoms with Gasteiger partial charge >= 0.3 is 0 Å². The molecule has 0 spiro atoms. The minimum Gasteiger partial charge on any atom is -0.632 e. The molecule has 1 aliphatic heterocycles. The van der Waals surface area contributed by atoms with Crippen molar-refractivity contribution < 1.29 is 4.65 Å². The highest BCUT2D eigenvalue weighted by atomic mass is 16.5. The molecule has 1 fully saturated rings. The van der Waals surface area contributed by atoms with Crippen molar-refractivity contribution in [1.29, 1.82) is 0 Å². The van der Waals surface area contributed by atoms with Gasteiger partial charge in [0.25, 0.3) is 0 Å². The summed E-state index contributed by atoms with van der Waals surface area (Å²) in [5.41, 5.74) is 2.26. The number of nitrogens with zero attached hydrogens (tertiary/aromatic N) is 1. The molecule has 19 heavy (non-hydrogen) atoms. The van der Waals surface area contributed by atoms with Crippen LogP contribution in [0.1, 0.15) is 30.0 Å². The van der Waals surface area contributed by atoms with E-state index in [2.05, 4.69) is 24.3 Å². The van der Waals surface area contributed by atoms with E-state index >= 15 is 0 Å². The molecule has 0 aliphatic carbocycles. The molecule has 3 rings (SSSR count). The molecular weight excluding hydrogens is 234 g/mol. The van der Waals surface area contributed by atoms with E-state index in [4.69, 9.17) is 0 Å². The summed E-state index contributed by atoms with van der Waals surface area (Å²) >= 11 is 0. The maximum absolute atomic E-state index is 13.1. The Hall–Kier alpha value is -1.64. The fraction of sp³-hybridized carbons (Fsp3) is 0.294. The number of benzene rings is 2. The number of rotatable bonds is 3. The van der Waals surface area contributed by atoms with Crippen LogP contribution >= 0.6 is 0 Å². The van der Waals surface area contributed by atoms with Gasteiger partial charge < -0.3 is 9.85 Å². The van der Waals surface area contributed by atoms with Crippen LogP contribution in [0.5, 0.6) is 0 Å². The van der Waals surface area contributed by atoms with Gasteiger partial charge in [-0.15, -0.1) is 0 Å². The molecule has 1 aliphatic rings. The van der Waals surface area contributed by atoms with Crippen LogP contribution in [0, 0.1) is 5.21 Å². The number of quaternary nitrogens is 1. The predicted octanol–water partition coefficient (Wildman–Crippen LogP) is 3.88. The van der Waals surface area contributed by atoms with Crippen LogP contribution < -0.4 is 0 Å². The Labute approximate surface area is 114 Å². The molecule has 2 heteroatoms. The zero-order valence-corrected chi connectivity index (χ0v) is 11.0. The SMILES string of the molecule is [O-][N+]1(C(c2ccccc2)c2ccccc2)CCCC1. The highest BCUT2D eigenvalue weighted by Gasteiger charge is 2.34. The van der Waals surface area contributed by atoms with Crippen LogP contribution in [-0.2, 0) is 0 Å². The van der Waals surface area contributed by atoms with E-state index in [1.165, 1.54) is 0 Å². The number of hydroxylamine groups is 3. The summed E-state index contributed by atoms with van der Waals surface area (Å²) in [4.78, 5) is 0. The van der Waals surface area contributed by atoms with E-state index in [1.54, 1.807) is 0 Å². The van der Waals surface area contributed by atoms with Crippen molar-refractivity contribution in [2.45, 2.75) is 18.9 Å². The molecule has 0 N–H and O–H groups in total. The first-order chi connectivity index (χ1) is 9.30. The molecule has 0 radical (unpaired) electrons. The molecule has 0 bridgehead atoms. The highest BCUT2D eigenvalue weighted by molar-refractivity contribution is 5.30. The van der Waals surface area contributed by atoms with Crippen LogP contribution in [0.15, 0.2) is 60.7 Å². The van der Waals surface area contributed by atoms with Crippen LogP contribution in [0.4, 0.5) is 0 Å². The summed E-state index contributed by atoms with van der Waals surface area (Å²) in [6.07, 6.45) is 2.08. The van der Waals surface area contributed by atoms with Gasteiger partial charge in [0, 0.05) is 24.0 Å². The first-order valence-electron chi connectivity index (χ1n) is 6.97. The van der Waals surface area contributed by atoms with E-state index in [1.807, 2.05) is 36.4 Å². The Bertz CT molecular complexity index is 478. The smallest absolute Gasteiger partial charge is 0.140 e. The van der Waals surface area contributed by atoms with E-state index in [0.717, 1.165) is 37.1 Å². The van der Waals surface area contributed by atoms with Gasteiger partial charge in [-0.3, -0.25) is 0 Å². The lowest BCUT2D eigenvalue weighted by Crippen LogP contribution is -2.43. The average Bonchev–Trinajstić information content (AvgIpc) is 2.89. The minimum atomic E-state index is -0.103. The van der Waals surface area contributed by atoms with E-state index < -0.39 is 0 Å². The van der Waals surface area contributed by atoms with Gasteiger partial charge in [0.15, 0.2) is 0 Å². The molecule has 0 atom stereocenters. The van der Waals surface area contributed by atoms with Gasteiger partial charge in [0.1, 0.15) is 6.04 Å². The maximum atomic E-state index is 13.1. The van der Waals surface area contributed by atoms with Crippen LogP contribution in [0.25, 0.3) is 0 Å². The predicted molar refractivity (Wildman–Crippen MR) is 77.3 cm³/mol. The number of hydrogen-bond donors (Lipinski definition) is 0. The topological polar surface area (TPSA) is 23.1 Å². The first kappa shape index (κ1) is 12.4. The van der Waals surface area contributed by atoms with Gasteiger partial charge in [0.2, 0.25) is 0 Å². The summed E-state index contributed by atoms with van der Waals surface area (Å²) in [5, 5.41) is 13.1. The summed E-state index contributed by atoms with van der Waals surface area (Å²) in [6, 6.07) is 20.3. The zero-order chi connectivity index (χ0) is 13.1. The van der Waals surface area contributed by atoms with Gasteiger partial charge in [-0.2, -0.15) is 0 Å². The number of hydrogen-bond acceptors (Lipinski definition) is 1. The molecule has 0 amide bonds. The lowest BCUT2D eigenvalue weighted by atomic mass is 9.97. The van der Waals surface area contributed by atoms with E-state index in [9.17, 15) is 5.21 Å². The van der Waals surface area contributed by atoms with Crippen molar-refractivity contribution in [1.82, 2.24) is 0 Å². The van der Waals surface area contributed by atoms with Crippen molar-refractivity contribution >= 4 is 0 Å². The summed E-state index contributed by atoms with van der Waals surface area (Å²) in [5.74, 6) is 0. The van der Waals surface area contributed by atoms with Crippen molar-refractivity contribution in [2.75, 3.05) is 13.1 Å². The molecule has 2 nitrogen and oxygen atoms in total. The Morgan fingerprint density at radius 2 is 1.16 bits per heavy atom. The third-order valence-electron chi connectivity index (χ3n) is 4.02. The fourth-order valence-electron chi connectivity index (χ4n) is 3.14. The van der Waals surface area contributed by atoms with Gasteiger partial charge in [-0.1, -0.05) is 60.7 Å². The number of likely N-dealkylation sites (tertiary alicyclic amines) is 1. The fourth-order valence-corrected chi connectivity index (χ4v) is 3.14. The minimum absolute atomic E-state index is 0.0788. The van der Waals surface area contributed by atoms with Crippen LogP contribution in [0.3, 0.4) is 0 Å². The zero-order valence-electron chi connectivity index (χ0n) is 11.0. The highest BCUT2D eigenvalue weighted by Crippen LogP contribution is 2.37. The Morgan fingerprint density at radius 1 is 0.737 bits per heavy atom. The monoisotopic (exact) mass is 253 g/mol. The summed E-state index contributed by atoms with van der Waals surface area (Å²) in [6.45, 7) is 1.46. The molecule has 0 aromatic heterocycles. The second-order valence-corrected chi connectivity index (χ2v) is 5.33. The first-order valence-corrected chi connectivity index (χ1v) is 6.97. The Balaban J connectivity index is 2.06. The van der Waals surface area contributed by atoms with Crippen molar-refractivity contribution in [3.63, 3.8) is 0 Å². The van der Waals surface area contributed by atoms with E-state index in [0.29, 0.717) is 0 Å². The second-order valence-electron chi connectivity index (χ2n) is 5.33. The third-order valence-corrected chi connectivity index (χ3v) is 4.02. The molecule has 98 valence electrons. The van der Waals surface area contributed by atoms with Crippen LogP contribution in [0.2, 0.25) is 0 Å². The van der Waals surface area contributed by atoms with E-state index in [-0.39, 0.29) is 10.7 Å². The quantitative estimate of drug-likeness (QED) is 0.601. The van der Waals surface area contributed by atoms with Crippen molar-refractivity contribution in [3.05, 3.63) is 77.0 Å².